The zero-order valence-electron chi connectivity index (χ0n) is 8.09. The average Bonchev–Trinajstić information content (AvgIpc) is 2.03. The smallest absolute Gasteiger partial charge is 0.0181 e. The van der Waals surface area contributed by atoms with Crippen LogP contribution in [0.25, 0.3) is 0 Å². The Bertz CT molecular complexity index is 258. The summed E-state index contributed by atoms with van der Waals surface area (Å²) < 4.78 is 0. The third kappa shape index (κ3) is 2.85. The number of nitrogens with two attached hydrogens (primary N) is 1. The van der Waals surface area contributed by atoms with E-state index < -0.39 is 0 Å². The summed E-state index contributed by atoms with van der Waals surface area (Å²) in [6, 6.07) is 8.36. The fraction of sp³-hybridized carbons (Fsp3) is 0.500. The molecule has 1 aromatic carbocycles. The Balaban J connectivity index is 0.00000144. The van der Waals surface area contributed by atoms with Gasteiger partial charge >= 0.3 is 0 Å². The molecule has 74 valence electrons. The molecule has 0 bridgehead atoms. The molecule has 1 aromatic rings. The van der Waals surface area contributed by atoms with Crippen LogP contribution >= 0.6 is 0 Å². The second-order valence-electron chi connectivity index (χ2n) is 4.11. The summed E-state index contributed by atoms with van der Waals surface area (Å²) in [6.07, 6.45) is 0. The molecule has 1 rings (SSSR count). The van der Waals surface area contributed by atoms with E-state index in [2.05, 4.69) is 39.0 Å². The molecule has 0 spiro atoms. The fourth-order valence-corrected chi connectivity index (χ4v) is 1.43. The monoisotopic (exact) mass is 179 g/mol. The van der Waals surface area contributed by atoms with E-state index in [-0.39, 0.29) is 12.8 Å². The minimum absolute atomic E-state index is 0. The van der Waals surface area contributed by atoms with Crippen LogP contribution in [0.4, 0.5) is 0 Å². The van der Waals surface area contributed by atoms with E-state index in [9.17, 15) is 0 Å². The van der Waals surface area contributed by atoms with Crippen LogP contribution in [0.3, 0.4) is 0 Å². The molecule has 0 fully saturated rings. The van der Waals surface area contributed by atoms with Crippen molar-refractivity contribution in [2.24, 2.45) is 5.73 Å². The molecule has 13 heavy (non-hydrogen) atoms. The van der Waals surface area contributed by atoms with E-state index >= 15 is 0 Å². The summed E-state index contributed by atoms with van der Waals surface area (Å²) in [4.78, 5) is 0. The highest BCUT2D eigenvalue weighted by molar-refractivity contribution is 5.32. The normalized spacial score (nSPS) is 10.8. The number of rotatable bonds is 1. The molecule has 0 radical (unpaired) electrons. The second kappa shape index (κ2) is 4.43. The van der Waals surface area contributed by atoms with Crippen LogP contribution in [0.2, 0.25) is 0 Å². The van der Waals surface area contributed by atoms with Crippen molar-refractivity contribution in [3.8, 4) is 0 Å². The summed E-state index contributed by atoms with van der Waals surface area (Å²) in [5, 5.41) is 0. The molecule has 1 nitrogen and oxygen atoms in total. The van der Waals surface area contributed by atoms with Gasteiger partial charge in [-0.2, -0.15) is 0 Å². The predicted octanol–water partition coefficient (Wildman–Crippen LogP) is 3.08. The number of hydrogen-bond acceptors (Lipinski definition) is 1. The zero-order chi connectivity index (χ0) is 9.19. The molecular formula is C12H21N. The summed E-state index contributed by atoms with van der Waals surface area (Å²) in [6.45, 7) is 7.26. The van der Waals surface area contributed by atoms with Crippen LogP contribution in [0.15, 0.2) is 24.3 Å². The van der Waals surface area contributed by atoms with Crippen LogP contribution in [-0.4, -0.2) is 0 Å². The van der Waals surface area contributed by atoms with Crippen LogP contribution < -0.4 is 5.73 Å². The molecule has 0 amide bonds. The van der Waals surface area contributed by atoms with E-state index in [1.165, 1.54) is 11.1 Å². The lowest BCUT2D eigenvalue weighted by molar-refractivity contribution is 0.582. The first-order valence-electron chi connectivity index (χ1n) is 4.34. The fourth-order valence-electron chi connectivity index (χ4n) is 1.43. The zero-order valence-corrected chi connectivity index (χ0v) is 8.09. The van der Waals surface area contributed by atoms with Gasteiger partial charge in [-0.1, -0.05) is 52.5 Å². The van der Waals surface area contributed by atoms with Gasteiger partial charge in [0.15, 0.2) is 0 Å². The van der Waals surface area contributed by atoms with Gasteiger partial charge in [-0.25, -0.2) is 0 Å². The van der Waals surface area contributed by atoms with Crippen molar-refractivity contribution in [2.45, 2.75) is 40.2 Å². The maximum absolute atomic E-state index is 5.65. The maximum Gasteiger partial charge on any atom is 0.0181 e. The third-order valence-electron chi connectivity index (χ3n) is 2.05. The first kappa shape index (κ1) is 12.2. The average molecular weight is 179 g/mol. The van der Waals surface area contributed by atoms with Gasteiger partial charge in [-0.05, 0) is 16.5 Å². The molecular weight excluding hydrogens is 158 g/mol. The lowest BCUT2D eigenvalue weighted by atomic mass is 9.84. The lowest BCUT2D eigenvalue weighted by Gasteiger charge is -2.22. The molecule has 0 unspecified atom stereocenters. The Labute approximate surface area is 82.0 Å². The first-order chi connectivity index (χ1) is 5.55. The summed E-state index contributed by atoms with van der Waals surface area (Å²) in [7, 11) is 0. The van der Waals surface area contributed by atoms with Gasteiger partial charge in [0, 0.05) is 6.54 Å². The largest absolute Gasteiger partial charge is 0.326 e. The quantitative estimate of drug-likeness (QED) is 0.704. The predicted molar refractivity (Wildman–Crippen MR) is 59.8 cm³/mol. The summed E-state index contributed by atoms with van der Waals surface area (Å²) >= 11 is 0. The van der Waals surface area contributed by atoms with Crippen molar-refractivity contribution >= 4 is 0 Å². The molecule has 0 aliphatic carbocycles. The molecule has 0 aliphatic heterocycles. The standard InChI is InChI=1S/C11H17N.CH4/c1-11(2,3)10-7-5-4-6-9(10)8-12;/h4-7H,8,12H2,1-3H3;1H4. The van der Waals surface area contributed by atoms with Gasteiger partial charge in [-0.15, -0.1) is 0 Å². The van der Waals surface area contributed by atoms with Crippen LogP contribution in [0, 0.1) is 0 Å². The molecule has 0 heterocycles. The van der Waals surface area contributed by atoms with Crippen molar-refractivity contribution in [1.29, 1.82) is 0 Å². The molecule has 0 saturated carbocycles. The van der Waals surface area contributed by atoms with Gasteiger partial charge < -0.3 is 5.73 Å². The molecule has 0 saturated heterocycles. The first-order valence-corrected chi connectivity index (χ1v) is 4.34. The van der Waals surface area contributed by atoms with Crippen molar-refractivity contribution in [1.82, 2.24) is 0 Å². The molecule has 0 aliphatic rings. The van der Waals surface area contributed by atoms with E-state index in [1.54, 1.807) is 0 Å². The van der Waals surface area contributed by atoms with Crippen molar-refractivity contribution in [3.63, 3.8) is 0 Å². The van der Waals surface area contributed by atoms with Crippen LogP contribution in [-0.2, 0) is 12.0 Å². The van der Waals surface area contributed by atoms with Crippen molar-refractivity contribution in [3.05, 3.63) is 35.4 Å². The van der Waals surface area contributed by atoms with Crippen LogP contribution in [0.5, 0.6) is 0 Å². The van der Waals surface area contributed by atoms with Crippen molar-refractivity contribution in [2.75, 3.05) is 0 Å². The van der Waals surface area contributed by atoms with Gasteiger partial charge in [0.1, 0.15) is 0 Å². The minimum Gasteiger partial charge on any atom is -0.326 e. The Hall–Kier alpha value is -0.820. The topological polar surface area (TPSA) is 26.0 Å². The van der Waals surface area contributed by atoms with Gasteiger partial charge in [0.05, 0.1) is 0 Å². The Morgan fingerprint density at radius 2 is 1.69 bits per heavy atom. The molecule has 0 atom stereocenters. The van der Waals surface area contributed by atoms with Gasteiger partial charge in [0.2, 0.25) is 0 Å². The van der Waals surface area contributed by atoms with E-state index in [1.807, 2.05) is 6.07 Å². The lowest BCUT2D eigenvalue weighted by Crippen LogP contribution is -2.15. The Morgan fingerprint density at radius 3 is 2.08 bits per heavy atom. The SMILES string of the molecule is C.CC(C)(C)c1ccccc1CN. The van der Waals surface area contributed by atoms with Crippen molar-refractivity contribution < 1.29 is 0 Å². The van der Waals surface area contributed by atoms with Gasteiger partial charge in [0.25, 0.3) is 0 Å². The molecule has 0 aromatic heterocycles. The molecule has 1 heteroatoms. The van der Waals surface area contributed by atoms with Gasteiger partial charge in [-0.3, -0.25) is 0 Å². The molecule has 2 N–H and O–H groups in total. The van der Waals surface area contributed by atoms with E-state index in [0.29, 0.717) is 6.54 Å². The number of benzene rings is 1. The highest BCUT2D eigenvalue weighted by atomic mass is 14.5. The minimum atomic E-state index is 0. The van der Waals surface area contributed by atoms with E-state index in [4.69, 9.17) is 5.73 Å². The summed E-state index contributed by atoms with van der Waals surface area (Å²) in [5.74, 6) is 0. The summed E-state index contributed by atoms with van der Waals surface area (Å²) in [5.41, 5.74) is 8.46. The Morgan fingerprint density at radius 1 is 1.15 bits per heavy atom. The van der Waals surface area contributed by atoms with E-state index in [0.717, 1.165) is 0 Å². The Kier molecular flexibility index (Phi) is 4.15. The third-order valence-corrected chi connectivity index (χ3v) is 2.05. The maximum atomic E-state index is 5.65. The second-order valence-corrected chi connectivity index (χ2v) is 4.11. The highest BCUT2D eigenvalue weighted by Crippen LogP contribution is 2.24. The van der Waals surface area contributed by atoms with Crippen LogP contribution in [0.1, 0.15) is 39.3 Å². The highest BCUT2D eigenvalue weighted by Gasteiger charge is 2.15. The number of hydrogen-bond donors (Lipinski definition) is 1.